The monoisotopic (exact) mass is 343 g/mol. The maximum Gasteiger partial charge on any atom is 0.123 e. The Bertz CT molecular complexity index is 396. The Hall–Kier alpha value is -0.190. The lowest BCUT2D eigenvalue weighted by atomic mass is 10.2. The molecular weight excluding hydrogens is 322 g/mol. The molecule has 19 heavy (non-hydrogen) atoms. The predicted molar refractivity (Wildman–Crippen MR) is 87.1 cm³/mol. The number of hydrogen-bond donors (Lipinski definition) is 1. The Balaban J connectivity index is 1.82. The highest BCUT2D eigenvalue weighted by atomic mass is 79.9. The van der Waals surface area contributed by atoms with Gasteiger partial charge in [0.15, 0.2) is 0 Å². The van der Waals surface area contributed by atoms with Gasteiger partial charge in [-0.1, -0.05) is 22.9 Å². The van der Waals surface area contributed by atoms with Crippen molar-refractivity contribution in [2.75, 3.05) is 18.1 Å². The Morgan fingerprint density at radius 2 is 2.26 bits per heavy atom. The molecule has 1 N–H and O–H groups in total. The molecule has 0 radical (unpaired) electrons. The van der Waals surface area contributed by atoms with Crippen molar-refractivity contribution >= 4 is 27.7 Å². The zero-order valence-electron chi connectivity index (χ0n) is 11.5. The normalized spacial score (nSPS) is 14.6. The Kier molecular flexibility index (Phi) is 6.54. The summed E-state index contributed by atoms with van der Waals surface area (Å²) in [4.78, 5) is 0. The smallest absolute Gasteiger partial charge is 0.123 e. The van der Waals surface area contributed by atoms with Gasteiger partial charge in [-0.05, 0) is 49.0 Å². The van der Waals surface area contributed by atoms with Crippen LogP contribution in [-0.4, -0.2) is 24.2 Å². The number of hydrogen-bond acceptors (Lipinski definition) is 3. The van der Waals surface area contributed by atoms with Crippen LogP contribution >= 0.6 is 27.7 Å². The first kappa shape index (κ1) is 15.2. The van der Waals surface area contributed by atoms with Crippen LogP contribution in [0.5, 0.6) is 5.75 Å². The molecule has 0 bridgehead atoms. The van der Waals surface area contributed by atoms with E-state index in [0.717, 1.165) is 35.8 Å². The summed E-state index contributed by atoms with van der Waals surface area (Å²) in [7, 11) is 0. The van der Waals surface area contributed by atoms with Gasteiger partial charge in [0.1, 0.15) is 5.75 Å². The van der Waals surface area contributed by atoms with Gasteiger partial charge in [-0.3, -0.25) is 0 Å². The van der Waals surface area contributed by atoms with Crippen molar-refractivity contribution in [3.63, 3.8) is 0 Å². The van der Waals surface area contributed by atoms with Gasteiger partial charge >= 0.3 is 0 Å². The van der Waals surface area contributed by atoms with Crippen molar-refractivity contribution in [3.8, 4) is 5.75 Å². The molecule has 1 aromatic carbocycles. The van der Waals surface area contributed by atoms with E-state index in [-0.39, 0.29) is 0 Å². The van der Waals surface area contributed by atoms with Crippen LogP contribution in [0.25, 0.3) is 0 Å². The van der Waals surface area contributed by atoms with Crippen molar-refractivity contribution in [1.82, 2.24) is 5.32 Å². The second kappa shape index (κ2) is 8.18. The van der Waals surface area contributed by atoms with Gasteiger partial charge in [0.05, 0.1) is 6.61 Å². The van der Waals surface area contributed by atoms with E-state index in [4.69, 9.17) is 4.74 Å². The van der Waals surface area contributed by atoms with Gasteiger partial charge in [-0.25, -0.2) is 0 Å². The molecule has 0 heterocycles. The minimum absolute atomic E-state index is 0.729. The Labute approximate surface area is 128 Å². The molecule has 2 rings (SSSR count). The SMILES string of the molecule is CCSCCCOc1ccc(Br)cc1CNC1CC1. The highest BCUT2D eigenvalue weighted by Crippen LogP contribution is 2.25. The molecule has 0 aliphatic heterocycles. The van der Waals surface area contributed by atoms with Gasteiger partial charge in [0.25, 0.3) is 0 Å². The average Bonchev–Trinajstić information content (AvgIpc) is 3.22. The minimum Gasteiger partial charge on any atom is -0.493 e. The van der Waals surface area contributed by atoms with Crippen LogP contribution < -0.4 is 10.1 Å². The van der Waals surface area contributed by atoms with Gasteiger partial charge in [-0.15, -0.1) is 0 Å². The van der Waals surface area contributed by atoms with Gasteiger partial charge < -0.3 is 10.1 Å². The largest absolute Gasteiger partial charge is 0.493 e. The minimum atomic E-state index is 0.729. The quantitative estimate of drug-likeness (QED) is 0.678. The summed E-state index contributed by atoms with van der Waals surface area (Å²) in [6.45, 7) is 3.91. The number of benzene rings is 1. The summed E-state index contributed by atoms with van der Waals surface area (Å²) in [5, 5.41) is 3.55. The van der Waals surface area contributed by atoms with Crippen molar-refractivity contribution in [3.05, 3.63) is 28.2 Å². The van der Waals surface area contributed by atoms with Crippen molar-refractivity contribution < 1.29 is 4.74 Å². The number of thioether (sulfide) groups is 1. The first-order chi connectivity index (χ1) is 9.29. The molecule has 1 aliphatic rings. The zero-order chi connectivity index (χ0) is 13.5. The van der Waals surface area contributed by atoms with Crippen LogP contribution in [-0.2, 0) is 6.54 Å². The third kappa shape index (κ3) is 5.76. The highest BCUT2D eigenvalue weighted by molar-refractivity contribution is 9.10. The van der Waals surface area contributed by atoms with Crippen LogP contribution in [0.4, 0.5) is 0 Å². The van der Waals surface area contributed by atoms with Crippen molar-refractivity contribution in [2.45, 2.75) is 38.8 Å². The molecule has 1 fully saturated rings. The fourth-order valence-electron chi connectivity index (χ4n) is 1.86. The third-order valence-corrected chi connectivity index (χ3v) is 4.55. The number of halogens is 1. The lowest BCUT2D eigenvalue weighted by molar-refractivity contribution is 0.314. The van der Waals surface area contributed by atoms with E-state index in [0.29, 0.717) is 0 Å². The first-order valence-electron chi connectivity index (χ1n) is 7.02. The van der Waals surface area contributed by atoms with E-state index in [1.165, 1.54) is 29.9 Å². The lowest BCUT2D eigenvalue weighted by Gasteiger charge is -2.12. The molecule has 0 unspecified atom stereocenters. The molecule has 0 saturated heterocycles. The van der Waals surface area contributed by atoms with E-state index >= 15 is 0 Å². The molecule has 0 amide bonds. The maximum absolute atomic E-state index is 5.92. The molecular formula is C15H22BrNOS. The van der Waals surface area contributed by atoms with E-state index in [9.17, 15) is 0 Å². The van der Waals surface area contributed by atoms with Crippen LogP contribution in [0.3, 0.4) is 0 Å². The Morgan fingerprint density at radius 1 is 1.42 bits per heavy atom. The molecule has 2 nitrogen and oxygen atoms in total. The number of ether oxygens (including phenoxy) is 1. The highest BCUT2D eigenvalue weighted by Gasteiger charge is 2.20. The van der Waals surface area contributed by atoms with Crippen molar-refractivity contribution in [2.24, 2.45) is 0 Å². The van der Waals surface area contributed by atoms with Gasteiger partial charge in [0.2, 0.25) is 0 Å². The summed E-state index contributed by atoms with van der Waals surface area (Å²) in [5.41, 5.74) is 1.25. The average molecular weight is 344 g/mol. The van der Waals surface area contributed by atoms with Crippen LogP contribution in [0.2, 0.25) is 0 Å². The molecule has 1 aromatic rings. The van der Waals surface area contributed by atoms with E-state index < -0.39 is 0 Å². The molecule has 0 atom stereocenters. The van der Waals surface area contributed by atoms with E-state index in [1.54, 1.807) is 0 Å². The maximum atomic E-state index is 5.92. The summed E-state index contributed by atoms with van der Waals surface area (Å²) < 4.78 is 7.04. The molecule has 1 aliphatic carbocycles. The molecule has 106 valence electrons. The van der Waals surface area contributed by atoms with Crippen LogP contribution in [0.1, 0.15) is 31.7 Å². The summed E-state index contributed by atoms with van der Waals surface area (Å²) in [5.74, 6) is 3.40. The van der Waals surface area contributed by atoms with E-state index in [1.807, 2.05) is 11.8 Å². The third-order valence-electron chi connectivity index (χ3n) is 3.08. The lowest BCUT2D eigenvalue weighted by Crippen LogP contribution is -2.16. The summed E-state index contributed by atoms with van der Waals surface area (Å²) >= 11 is 5.51. The second-order valence-corrected chi connectivity index (χ2v) is 7.12. The second-order valence-electron chi connectivity index (χ2n) is 4.81. The molecule has 4 heteroatoms. The topological polar surface area (TPSA) is 21.3 Å². The fourth-order valence-corrected chi connectivity index (χ4v) is 2.88. The number of nitrogens with one attached hydrogen (secondary N) is 1. The number of rotatable bonds is 9. The Morgan fingerprint density at radius 3 is 3.00 bits per heavy atom. The summed E-state index contributed by atoms with van der Waals surface area (Å²) in [6, 6.07) is 7.01. The molecule has 1 saturated carbocycles. The van der Waals surface area contributed by atoms with Crippen molar-refractivity contribution in [1.29, 1.82) is 0 Å². The van der Waals surface area contributed by atoms with E-state index in [2.05, 4.69) is 46.4 Å². The molecule has 0 aromatic heterocycles. The van der Waals surface area contributed by atoms with Gasteiger partial charge in [0, 0.05) is 22.6 Å². The zero-order valence-corrected chi connectivity index (χ0v) is 13.9. The standard InChI is InChI=1S/C15H22BrNOS/c1-2-19-9-3-8-18-15-7-4-13(16)10-12(15)11-17-14-5-6-14/h4,7,10,14,17H,2-3,5-6,8-9,11H2,1H3. The fraction of sp³-hybridized carbons (Fsp3) is 0.600. The van der Waals surface area contributed by atoms with Gasteiger partial charge in [-0.2, -0.15) is 11.8 Å². The predicted octanol–water partition coefficient (Wildman–Crippen LogP) is 4.22. The van der Waals surface area contributed by atoms with Crippen LogP contribution in [0.15, 0.2) is 22.7 Å². The first-order valence-corrected chi connectivity index (χ1v) is 8.96. The molecule has 0 spiro atoms. The summed E-state index contributed by atoms with van der Waals surface area (Å²) in [6.07, 6.45) is 3.75. The van der Waals surface area contributed by atoms with Crippen LogP contribution in [0, 0.1) is 0 Å².